The standard InChI is InChI=1S/C18H16ClN3O2/c1-20-21-17-14-7-3-2-6-12(14)10-13(18(17)23)11-24-22-16-9-5-4-8-15(16)19/h2-10,22-23H,11H2,1H3. The first-order valence-electron chi connectivity index (χ1n) is 7.36. The number of phenolic OH excluding ortho intramolecular Hbond substituents is 1. The molecule has 0 fully saturated rings. The van der Waals surface area contributed by atoms with E-state index in [1.54, 1.807) is 19.2 Å². The van der Waals surface area contributed by atoms with Gasteiger partial charge in [-0.15, -0.1) is 0 Å². The Labute approximate surface area is 144 Å². The van der Waals surface area contributed by atoms with Gasteiger partial charge in [0.1, 0.15) is 18.0 Å². The van der Waals surface area contributed by atoms with Gasteiger partial charge in [0.15, 0.2) is 0 Å². The molecule has 0 aliphatic carbocycles. The Morgan fingerprint density at radius 1 is 1.12 bits per heavy atom. The number of hydrogen-bond acceptors (Lipinski definition) is 5. The number of para-hydroxylation sites is 1. The minimum Gasteiger partial charge on any atom is -0.505 e. The first-order valence-corrected chi connectivity index (χ1v) is 7.74. The van der Waals surface area contributed by atoms with Crippen molar-refractivity contribution in [3.8, 4) is 5.75 Å². The molecule has 0 heterocycles. The number of azo groups is 1. The van der Waals surface area contributed by atoms with Gasteiger partial charge < -0.3 is 5.11 Å². The number of rotatable bonds is 5. The fourth-order valence-corrected chi connectivity index (χ4v) is 2.60. The fourth-order valence-electron chi connectivity index (χ4n) is 2.42. The van der Waals surface area contributed by atoms with E-state index in [2.05, 4.69) is 15.7 Å². The van der Waals surface area contributed by atoms with E-state index in [0.717, 1.165) is 10.8 Å². The van der Waals surface area contributed by atoms with Crippen LogP contribution in [0.15, 0.2) is 64.8 Å². The topological polar surface area (TPSA) is 66.2 Å². The monoisotopic (exact) mass is 341 g/mol. The van der Waals surface area contributed by atoms with E-state index in [9.17, 15) is 5.11 Å². The number of hydrogen-bond donors (Lipinski definition) is 2. The lowest BCUT2D eigenvalue weighted by molar-refractivity contribution is 0.177. The number of benzene rings is 3. The molecular formula is C18H16ClN3O2. The molecule has 3 rings (SSSR count). The fraction of sp³-hybridized carbons (Fsp3) is 0.111. The van der Waals surface area contributed by atoms with Gasteiger partial charge in [-0.25, -0.2) is 0 Å². The summed E-state index contributed by atoms with van der Waals surface area (Å²) in [6, 6.07) is 16.8. The van der Waals surface area contributed by atoms with Crippen molar-refractivity contribution in [2.75, 3.05) is 12.5 Å². The van der Waals surface area contributed by atoms with E-state index in [-0.39, 0.29) is 12.4 Å². The zero-order valence-electron chi connectivity index (χ0n) is 13.0. The number of nitrogens with zero attached hydrogens (tertiary/aromatic N) is 2. The minimum absolute atomic E-state index is 0.0558. The summed E-state index contributed by atoms with van der Waals surface area (Å²) in [6.45, 7) is 0.147. The SMILES string of the molecule is CN=Nc1c(O)c(CONc2ccccc2Cl)cc2ccccc12. The van der Waals surface area contributed by atoms with Gasteiger partial charge in [-0.05, 0) is 23.6 Å². The highest BCUT2D eigenvalue weighted by molar-refractivity contribution is 6.33. The van der Waals surface area contributed by atoms with Crippen LogP contribution in [0.2, 0.25) is 5.02 Å². The Kier molecular flexibility index (Phi) is 4.93. The molecule has 0 unspecified atom stereocenters. The second kappa shape index (κ2) is 7.29. The third kappa shape index (κ3) is 3.32. The van der Waals surface area contributed by atoms with Crippen LogP contribution in [0.1, 0.15) is 5.56 Å². The molecule has 0 saturated carbocycles. The molecule has 5 nitrogen and oxygen atoms in total. The molecule has 0 radical (unpaired) electrons. The second-order valence-corrected chi connectivity index (χ2v) is 5.53. The van der Waals surface area contributed by atoms with Gasteiger partial charge in [0.2, 0.25) is 0 Å². The van der Waals surface area contributed by atoms with Crippen molar-refractivity contribution in [2.45, 2.75) is 6.61 Å². The van der Waals surface area contributed by atoms with E-state index < -0.39 is 0 Å². The maximum atomic E-state index is 10.5. The number of aromatic hydroxyl groups is 1. The lowest BCUT2D eigenvalue weighted by Crippen LogP contribution is -2.02. The summed E-state index contributed by atoms with van der Waals surface area (Å²) in [6.07, 6.45) is 0. The van der Waals surface area contributed by atoms with Crippen molar-refractivity contribution in [3.63, 3.8) is 0 Å². The van der Waals surface area contributed by atoms with Crippen LogP contribution < -0.4 is 5.48 Å². The summed E-state index contributed by atoms with van der Waals surface area (Å²) in [4.78, 5) is 5.48. The number of phenols is 1. The highest BCUT2D eigenvalue weighted by Gasteiger charge is 2.13. The molecule has 0 aliphatic heterocycles. The van der Waals surface area contributed by atoms with Gasteiger partial charge >= 0.3 is 0 Å². The number of fused-ring (bicyclic) bond motifs is 1. The Balaban J connectivity index is 1.87. The molecular weight excluding hydrogens is 326 g/mol. The maximum Gasteiger partial charge on any atom is 0.149 e. The zero-order chi connectivity index (χ0) is 16.9. The summed E-state index contributed by atoms with van der Waals surface area (Å²) in [5.74, 6) is 0.0558. The molecule has 0 spiro atoms. The Morgan fingerprint density at radius 3 is 2.67 bits per heavy atom. The first kappa shape index (κ1) is 16.2. The molecule has 24 heavy (non-hydrogen) atoms. The van der Waals surface area contributed by atoms with Crippen LogP contribution in [-0.2, 0) is 11.4 Å². The summed E-state index contributed by atoms with van der Waals surface area (Å²) >= 11 is 6.06. The molecule has 0 amide bonds. The van der Waals surface area contributed by atoms with Crippen molar-refractivity contribution in [2.24, 2.45) is 10.2 Å². The molecule has 0 aromatic heterocycles. The van der Waals surface area contributed by atoms with Crippen LogP contribution in [0.25, 0.3) is 10.8 Å². The molecule has 2 N–H and O–H groups in total. The highest BCUT2D eigenvalue weighted by atomic mass is 35.5. The molecule has 0 aliphatic rings. The van der Waals surface area contributed by atoms with Crippen LogP contribution in [0.4, 0.5) is 11.4 Å². The summed E-state index contributed by atoms with van der Waals surface area (Å²) in [5.41, 5.74) is 4.50. The molecule has 0 atom stereocenters. The molecule has 6 heteroatoms. The van der Waals surface area contributed by atoms with Crippen LogP contribution in [0, 0.1) is 0 Å². The van der Waals surface area contributed by atoms with Crippen molar-refractivity contribution in [1.29, 1.82) is 0 Å². The van der Waals surface area contributed by atoms with Crippen molar-refractivity contribution >= 4 is 33.7 Å². The number of anilines is 1. The van der Waals surface area contributed by atoms with Gasteiger partial charge in [0.25, 0.3) is 0 Å². The minimum atomic E-state index is 0.0558. The Bertz CT molecular complexity index is 897. The predicted molar refractivity (Wildman–Crippen MR) is 95.9 cm³/mol. The van der Waals surface area contributed by atoms with Crippen LogP contribution in [0.3, 0.4) is 0 Å². The van der Waals surface area contributed by atoms with Crippen LogP contribution >= 0.6 is 11.6 Å². The van der Waals surface area contributed by atoms with Crippen LogP contribution in [0.5, 0.6) is 5.75 Å². The van der Waals surface area contributed by atoms with Gasteiger partial charge in [-0.3, -0.25) is 10.3 Å². The van der Waals surface area contributed by atoms with Crippen molar-refractivity contribution in [3.05, 3.63) is 65.2 Å². The van der Waals surface area contributed by atoms with E-state index in [0.29, 0.717) is 22.0 Å². The third-order valence-corrected chi connectivity index (χ3v) is 3.89. The highest BCUT2D eigenvalue weighted by Crippen LogP contribution is 2.38. The number of halogens is 1. The average Bonchev–Trinajstić information content (AvgIpc) is 2.60. The Hall–Kier alpha value is -2.63. The average molecular weight is 342 g/mol. The summed E-state index contributed by atoms with van der Waals surface area (Å²) in [7, 11) is 1.57. The van der Waals surface area contributed by atoms with Gasteiger partial charge in [0, 0.05) is 18.0 Å². The number of nitrogens with one attached hydrogen (secondary N) is 1. The lowest BCUT2D eigenvalue weighted by atomic mass is 10.0. The second-order valence-electron chi connectivity index (χ2n) is 5.12. The summed E-state index contributed by atoms with van der Waals surface area (Å²) in [5, 5.41) is 20.7. The van der Waals surface area contributed by atoms with E-state index >= 15 is 0 Å². The van der Waals surface area contributed by atoms with Gasteiger partial charge in [-0.1, -0.05) is 48.0 Å². The predicted octanol–water partition coefficient (Wildman–Crippen LogP) is 5.46. The Morgan fingerprint density at radius 2 is 1.88 bits per heavy atom. The molecule has 0 saturated heterocycles. The quantitative estimate of drug-likeness (QED) is 0.478. The van der Waals surface area contributed by atoms with Crippen LogP contribution in [-0.4, -0.2) is 12.2 Å². The molecule has 0 bridgehead atoms. The first-order chi connectivity index (χ1) is 11.7. The van der Waals surface area contributed by atoms with E-state index in [1.165, 1.54) is 0 Å². The zero-order valence-corrected chi connectivity index (χ0v) is 13.8. The maximum absolute atomic E-state index is 10.5. The van der Waals surface area contributed by atoms with Gasteiger partial charge in [0.05, 0.1) is 10.7 Å². The largest absolute Gasteiger partial charge is 0.505 e. The molecule has 122 valence electrons. The third-order valence-electron chi connectivity index (χ3n) is 3.56. The molecule has 3 aromatic rings. The summed E-state index contributed by atoms with van der Waals surface area (Å²) < 4.78 is 0. The van der Waals surface area contributed by atoms with E-state index in [1.807, 2.05) is 42.5 Å². The van der Waals surface area contributed by atoms with Gasteiger partial charge in [-0.2, -0.15) is 10.2 Å². The molecule has 3 aromatic carbocycles. The lowest BCUT2D eigenvalue weighted by Gasteiger charge is -2.12. The van der Waals surface area contributed by atoms with E-state index in [4.69, 9.17) is 16.4 Å². The van der Waals surface area contributed by atoms with Crippen molar-refractivity contribution in [1.82, 2.24) is 0 Å². The smallest absolute Gasteiger partial charge is 0.149 e. The normalized spacial score (nSPS) is 11.2. The van der Waals surface area contributed by atoms with Crippen molar-refractivity contribution < 1.29 is 9.94 Å².